The van der Waals surface area contributed by atoms with Crippen LogP contribution in [0.3, 0.4) is 0 Å². The maximum absolute atomic E-state index is 12.0. The Hall–Kier alpha value is -0.340. The van der Waals surface area contributed by atoms with Gasteiger partial charge >= 0.3 is 7.60 Å². The number of hydrogen-bond acceptors (Lipinski definition) is 3. The lowest BCUT2D eigenvalue weighted by molar-refractivity contribution is 0.214. The van der Waals surface area contributed by atoms with Crippen molar-refractivity contribution in [3.8, 4) is 0 Å². The van der Waals surface area contributed by atoms with Crippen LogP contribution in [0.5, 0.6) is 0 Å². The van der Waals surface area contributed by atoms with Crippen molar-refractivity contribution in [2.45, 2.75) is 20.3 Å². The van der Waals surface area contributed by atoms with Crippen LogP contribution in [0.2, 0.25) is 5.02 Å². The predicted molar refractivity (Wildman–Crippen MR) is 70.9 cm³/mol. The van der Waals surface area contributed by atoms with Gasteiger partial charge in [-0.25, -0.2) is 0 Å². The summed E-state index contributed by atoms with van der Waals surface area (Å²) in [6, 6.07) is 7.53. The molecule has 0 spiro atoms. The lowest BCUT2D eigenvalue weighted by Crippen LogP contribution is -2.02. The van der Waals surface area contributed by atoms with Crippen molar-refractivity contribution in [3.05, 3.63) is 34.9 Å². The number of hydrogen-bond donors (Lipinski definition) is 0. The fourth-order valence-electron chi connectivity index (χ4n) is 1.37. The molecule has 0 aliphatic rings. The largest absolute Gasteiger partial charge is 0.330 e. The lowest BCUT2D eigenvalue weighted by Gasteiger charge is -2.15. The van der Waals surface area contributed by atoms with Gasteiger partial charge in [-0.2, -0.15) is 0 Å². The first-order chi connectivity index (χ1) is 8.09. The molecule has 0 aromatic heterocycles. The van der Waals surface area contributed by atoms with Crippen LogP contribution in [0.4, 0.5) is 0 Å². The molecule has 3 nitrogen and oxygen atoms in total. The van der Waals surface area contributed by atoms with Gasteiger partial charge in [-0.05, 0) is 31.0 Å². The van der Waals surface area contributed by atoms with Crippen LogP contribution in [0.15, 0.2) is 24.3 Å². The molecule has 0 saturated carbocycles. The minimum atomic E-state index is -2.87. The maximum Gasteiger partial charge on any atom is 0.330 e. The van der Waals surface area contributed by atoms with E-state index in [0.29, 0.717) is 30.8 Å². The molecular formula is C12H18ClO3P. The minimum absolute atomic E-state index is 0.396. The van der Waals surface area contributed by atoms with Crippen molar-refractivity contribution in [2.75, 3.05) is 19.4 Å². The Morgan fingerprint density at radius 1 is 1.18 bits per heavy atom. The van der Waals surface area contributed by atoms with Gasteiger partial charge in [-0.3, -0.25) is 4.57 Å². The molecule has 0 N–H and O–H groups in total. The smallest absolute Gasteiger partial charge is 0.309 e. The summed E-state index contributed by atoms with van der Waals surface area (Å²) in [6.45, 7) is 4.42. The van der Waals surface area contributed by atoms with Crippen LogP contribution in [-0.4, -0.2) is 19.4 Å². The summed E-state index contributed by atoms with van der Waals surface area (Å²) >= 11 is 5.79. The molecule has 0 fully saturated rings. The third kappa shape index (κ3) is 5.22. The number of halogens is 1. The van der Waals surface area contributed by atoms with Gasteiger partial charge in [0.2, 0.25) is 0 Å². The molecule has 1 rings (SSSR count). The van der Waals surface area contributed by atoms with Gasteiger partial charge in [0.1, 0.15) is 0 Å². The molecule has 1 aromatic carbocycles. The summed E-state index contributed by atoms with van der Waals surface area (Å²) in [5, 5.41) is 0.711. The van der Waals surface area contributed by atoms with Crippen molar-refractivity contribution in [1.29, 1.82) is 0 Å². The van der Waals surface area contributed by atoms with Crippen LogP contribution >= 0.6 is 19.2 Å². The van der Waals surface area contributed by atoms with Gasteiger partial charge in [-0.15, -0.1) is 0 Å². The Morgan fingerprint density at radius 2 is 1.82 bits per heavy atom. The first-order valence-corrected chi connectivity index (χ1v) is 7.83. The van der Waals surface area contributed by atoms with Crippen LogP contribution in [0, 0.1) is 0 Å². The van der Waals surface area contributed by atoms with E-state index in [2.05, 4.69) is 0 Å². The monoisotopic (exact) mass is 276 g/mol. The fourth-order valence-corrected chi connectivity index (χ4v) is 2.70. The quantitative estimate of drug-likeness (QED) is 0.702. The summed E-state index contributed by atoms with van der Waals surface area (Å²) in [7, 11) is -2.87. The molecule has 1 atom stereocenters. The van der Waals surface area contributed by atoms with E-state index < -0.39 is 7.60 Å². The maximum atomic E-state index is 12.0. The predicted octanol–water partition coefficient (Wildman–Crippen LogP) is 4.15. The standard InChI is InChI=1S/C12H18ClO3P/c1-3-15-17(14,4-2)16-10-9-11-5-7-12(13)8-6-11/h5-8H,3-4,9-10H2,1-2H3. The first kappa shape index (κ1) is 14.7. The molecule has 96 valence electrons. The van der Waals surface area contributed by atoms with Crippen LogP contribution in [-0.2, 0) is 20.0 Å². The molecule has 5 heteroatoms. The topological polar surface area (TPSA) is 35.5 Å². The van der Waals surface area contributed by atoms with E-state index in [0.717, 1.165) is 5.56 Å². The molecule has 0 bridgehead atoms. The molecule has 0 radical (unpaired) electrons. The molecule has 0 amide bonds. The van der Waals surface area contributed by atoms with Crippen molar-refractivity contribution < 1.29 is 13.6 Å². The molecule has 0 heterocycles. The summed E-state index contributed by atoms with van der Waals surface area (Å²) < 4.78 is 22.5. The van der Waals surface area contributed by atoms with Gasteiger partial charge < -0.3 is 9.05 Å². The van der Waals surface area contributed by atoms with Crippen LogP contribution in [0.1, 0.15) is 19.4 Å². The summed E-state index contributed by atoms with van der Waals surface area (Å²) in [6.07, 6.45) is 1.11. The van der Waals surface area contributed by atoms with Crippen LogP contribution < -0.4 is 0 Å². The highest BCUT2D eigenvalue weighted by molar-refractivity contribution is 7.53. The fraction of sp³-hybridized carbons (Fsp3) is 0.500. The average molecular weight is 277 g/mol. The molecule has 0 aliphatic carbocycles. The highest BCUT2D eigenvalue weighted by atomic mass is 35.5. The third-order valence-electron chi connectivity index (χ3n) is 2.31. The second-order valence-electron chi connectivity index (χ2n) is 3.55. The lowest BCUT2D eigenvalue weighted by atomic mass is 10.2. The van der Waals surface area contributed by atoms with E-state index in [9.17, 15) is 4.57 Å². The Balaban J connectivity index is 2.41. The SMILES string of the molecule is CCOP(=O)(CC)OCCc1ccc(Cl)cc1. The normalized spacial score (nSPS) is 14.5. The summed E-state index contributed by atoms with van der Waals surface area (Å²) in [5.74, 6) is 0. The summed E-state index contributed by atoms with van der Waals surface area (Å²) in [4.78, 5) is 0. The number of benzene rings is 1. The molecular weight excluding hydrogens is 259 g/mol. The summed E-state index contributed by atoms with van der Waals surface area (Å²) in [5.41, 5.74) is 1.11. The minimum Gasteiger partial charge on any atom is -0.309 e. The molecule has 0 saturated heterocycles. The second kappa shape index (κ2) is 7.17. The Morgan fingerprint density at radius 3 is 2.35 bits per heavy atom. The van der Waals surface area contributed by atoms with Gasteiger partial charge in [0.25, 0.3) is 0 Å². The van der Waals surface area contributed by atoms with E-state index in [1.54, 1.807) is 6.92 Å². The van der Waals surface area contributed by atoms with E-state index >= 15 is 0 Å². The Bertz CT molecular complexity index is 378. The zero-order valence-corrected chi connectivity index (χ0v) is 11.8. The van der Waals surface area contributed by atoms with Gasteiger partial charge in [-0.1, -0.05) is 30.7 Å². The third-order valence-corrected chi connectivity index (χ3v) is 4.56. The molecule has 17 heavy (non-hydrogen) atoms. The second-order valence-corrected chi connectivity index (χ2v) is 6.36. The van der Waals surface area contributed by atoms with Crippen molar-refractivity contribution in [3.63, 3.8) is 0 Å². The molecule has 0 aliphatic heterocycles. The zero-order chi connectivity index (χ0) is 12.7. The van der Waals surface area contributed by atoms with E-state index in [-0.39, 0.29) is 0 Å². The van der Waals surface area contributed by atoms with E-state index in [1.165, 1.54) is 0 Å². The van der Waals surface area contributed by atoms with E-state index in [4.69, 9.17) is 20.6 Å². The van der Waals surface area contributed by atoms with E-state index in [1.807, 2.05) is 31.2 Å². The van der Waals surface area contributed by atoms with Crippen molar-refractivity contribution in [1.82, 2.24) is 0 Å². The van der Waals surface area contributed by atoms with Gasteiger partial charge in [0.05, 0.1) is 13.2 Å². The average Bonchev–Trinajstić information content (AvgIpc) is 2.32. The van der Waals surface area contributed by atoms with Crippen LogP contribution in [0.25, 0.3) is 0 Å². The van der Waals surface area contributed by atoms with Gasteiger partial charge in [0, 0.05) is 11.2 Å². The number of rotatable bonds is 7. The molecule has 1 unspecified atom stereocenters. The van der Waals surface area contributed by atoms with Gasteiger partial charge in [0.15, 0.2) is 0 Å². The van der Waals surface area contributed by atoms with Crippen molar-refractivity contribution >= 4 is 19.2 Å². The zero-order valence-electron chi connectivity index (χ0n) is 10.2. The van der Waals surface area contributed by atoms with Crippen molar-refractivity contribution in [2.24, 2.45) is 0 Å². The Kier molecular flexibility index (Phi) is 6.21. The highest BCUT2D eigenvalue weighted by Crippen LogP contribution is 2.47. The Labute approximate surface area is 108 Å². The first-order valence-electron chi connectivity index (χ1n) is 5.72. The molecule has 1 aromatic rings. The highest BCUT2D eigenvalue weighted by Gasteiger charge is 2.20.